The first kappa shape index (κ1) is 14.0. The number of nitrogen functional groups attached to an aromatic ring is 1. The van der Waals surface area contributed by atoms with Gasteiger partial charge in [0.2, 0.25) is 0 Å². The number of thiazole rings is 1. The fourth-order valence-corrected chi connectivity index (χ4v) is 3.16. The van der Waals surface area contributed by atoms with E-state index in [1.165, 1.54) is 11.3 Å². The SMILES string of the molecule is Cc1nc(N)sc1C(=O)NC(C)c1ccccc1Br. The van der Waals surface area contributed by atoms with Crippen LogP contribution in [-0.2, 0) is 0 Å². The summed E-state index contributed by atoms with van der Waals surface area (Å²) in [6.07, 6.45) is 0. The maximum Gasteiger partial charge on any atom is 0.263 e. The Morgan fingerprint density at radius 1 is 1.47 bits per heavy atom. The van der Waals surface area contributed by atoms with E-state index in [0.717, 1.165) is 10.0 Å². The number of benzene rings is 1. The number of halogens is 1. The Morgan fingerprint density at radius 3 is 2.74 bits per heavy atom. The molecule has 0 fully saturated rings. The van der Waals surface area contributed by atoms with Gasteiger partial charge in [-0.15, -0.1) is 0 Å². The highest BCUT2D eigenvalue weighted by Gasteiger charge is 2.17. The van der Waals surface area contributed by atoms with Gasteiger partial charge in [-0.25, -0.2) is 4.98 Å². The molecule has 0 radical (unpaired) electrons. The highest BCUT2D eigenvalue weighted by atomic mass is 79.9. The molecule has 100 valence electrons. The van der Waals surface area contributed by atoms with Gasteiger partial charge in [0, 0.05) is 4.47 Å². The topological polar surface area (TPSA) is 68.0 Å². The van der Waals surface area contributed by atoms with Crippen LogP contribution in [0.2, 0.25) is 0 Å². The van der Waals surface area contributed by atoms with Crippen molar-refractivity contribution in [3.05, 3.63) is 44.9 Å². The number of amides is 1. The number of nitrogens with zero attached hydrogens (tertiary/aromatic N) is 1. The standard InChI is InChI=1S/C13H14BrN3OS/c1-7(9-5-3-4-6-10(9)14)16-12(18)11-8(2)17-13(15)19-11/h3-7H,1-2H3,(H2,15,17)(H,16,18). The smallest absolute Gasteiger partial charge is 0.263 e. The molecule has 0 saturated carbocycles. The third-order valence-corrected chi connectivity index (χ3v) is 4.45. The van der Waals surface area contributed by atoms with Crippen molar-refractivity contribution in [1.82, 2.24) is 10.3 Å². The third kappa shape index (κ3) is 3.13. The molecule has 1 heterocycles. The Hall–Kier alpha value is -1.40. The molecule has 0 aliphatic rings. The molecule has 19 heavy (non-hydrogen) atoms. The minimum atomic E-state index is -0.144. The van der Waals surface area contributed by atoms with Crippen molar-refractivity contribution in [1.29, 1.82) is 0 Å². The van der Waals surface area contributed by atoms with Gasteiger partial charge >= 0.3 is 0 Å². The summed E-state index contributed by atoms with van der Waals surface area (Å²) < 4.78 is 0.975. The number of carbonyl (C=O) groups is 1. The second-order valence-electron chi connectivity index (χ2n) is 4.18. The van der Waals surface area contributed by atoms with Gasteiger partial charge in [0.15, 0.2) is 5.13 Å². The highest BCUT2D eigenvalue weighted by molar-refractivity contribution is 9.10. The predicted octanol–water partition coefficient (Wildman–Crippen LogP) is 3.29. The van der Waals surface area contributed by atoms with Gasteiger partial charge in [-0.05, 0) is 25.5 Å². The molecule has 3 N–H and O–H groups in total. The van der Waals surface area contributed by atoms with E-state index in [-0.39, 0.29) is 11.9 Å². The van der Waals surface area contributed by atoms with Crippen molar-refractivity contribution in [3.8, 4) is 0 Å². The number of hydrogen-bond acceptors (Lipinski definition) is 4. The fraction of sp³-hybridized carbons (Fsp3) is 0.231. The summed E-state index contributed by atoms with van der Waals surface area (Å²) in [6, 6.07) is 7.72. The largest absolute Gasteiger partial charge is 0.375 e. The number of nitrogens with one attached hydrogen (secondary N) is 1. The summed E-state index contributed by atoms with van der Waals surface area (Å²) in [5.41, 5.74) is 7.30. The lowest BCUT2D eigenvalue weighted by Gasteiger charge is -2.15. The number of rotatable bonds is 3. The van der Waals surface area contributed by atoms with Crippen molar-refractivity contribution < 1.29 is 4.79 Å². The molecule has 1 atom stereocenters. The van der Waals surface area contributed by atoms with Crippen molar-refractivity contribution in [3.63, 3.8) is 0 Å². The maximum atomic E-state index is 12.2. The predicted molar refractivity (Wildman–Crippen MR) is 81.3 cm³/mol. The molecule has 0 bridgehead atoms. The van der Waals surface area contributed by atoms with Crippen LogP contribution in [-0.4, -0.2) is 10.9 Å². The van der Waals surface area contributed by atoms with Crippen molar-refractivity contribution in [2.45, 2.75) is 19.9 Å². The first-order valence-corrected chi connectivity index (χ1v) is 7.38. The molecule has 2 rings (SSSR count). The van der Waals surface area contributed by atoms with E-state index in [1.54, 1.807) is 6.92 Å². The number of aromatic nitrogens is 1. The average molecular weight is 340 g/mol. The summed E-state index contributed by atoms with van der Waals surface area (Å²) in [5, 5.41) is 3.37. The van der Waals surface area contributed by atoms with Crippen molar-refractivity contribution in [2.24, 2.45) is 0 Å². The van der Waals surface area contributed by atoms with Gasteiger partial charge < -0.3 is 11.1 Å². The quantitative estimate of drug-likeness (QED) is 0.901. The van der Waals surface area contributed by atoms with Crippen LogP contribution in [0.4, 0.5) is 5.13 Å². The molecule has 4 nitrogen and oxygen atoms in total. The van der Waals surface area contributed by atoms with Crippen LogP contribution in [0.3, 0.4) is 0 Å². The Kier molecular flexibility index (Phi) is 4.21. The van der Waals surface area contributed by atoms with Crippen LogP contribution in [0.15, 0.2) is 28.7 Å². The summed E-state index contributed by atoms with van der Waals surface area (Å²) in [6.45, 7) is 3.72. The van der Waals surface area contributed by atoms with Crippen LogP contribution in [0, 0.1) is 6.92 Å². The molecule has 1 unspecified atom stereocenters. The molecule has 1 aromatic heterocycles. The number of anilines is 1. The van der Waals surface area contributed by atoms with E-state index in [2.05, 4.69) is 26.2 Å². The first-order chi connectivity index (χ1) is 8.99. The van der Waals surface area contributed by atoms with E-state index in [9.17, 15) is 4.79 Å². The molecular formula is C13H14BrN3OS. The molecule has 1 aromatic carbocycles. The lowest BCUT2D eigenvalue weighted by Crippen LogP contribution is -2.26. The van der Waals surface area contributed by atoms with E-state index in [1.807, 2.05) is 31.2 Å². The van der Waals surface area contributed by atoms with Gasteiger partial charge in [-0.1, -0.05) is 45.5 Å². The second kappa shape index (κ2) is 5.71. The summed E-state index contributed by atoms with van der Waals surface area (Å²) in [5.74, 6) is -0.144. The van der Waals surface area contributed by atoms with Gasteiger partial charge in [-0.3, -0.25) is 4.79 Å². The van der Waals surface area contributed by atoms with Crippen LogP contribution in [0.5, 0.6) is 0 Å². The average Bonchev–Trinajstić information content (AvgIpc) is 2.69. The molecule has 0 saturated heterocycles. The molecule has 0 aliphatic heterocycles. The molecule has 0 aliphatic carbocycles. The Bertz CT molecular complexity index is 612. The lowest BCUT2D eigenvalue weighted by molar-refractivity contribution is 0.0943. The lowest BCUT2D eigenvalue weighted by atomic mass is 10.1. The van der Waals surface area contributed by atoms with E-state index in [0.29, 0.717) is 15.7 Å². The zero-order valence-electron chi connectivity index (χ0n) is 10.6. The maximum absolute atomic E-state index is 12.2. The monoisotopic (exact) mass is 339 g/mol. The highest BCUT2D eigenvalue weighted by Crippen LogP contribution is 2.24. The van der Waals surface area contributed by atoms with Crippen molar-refractivity contribution in [2.75, 3.05) is 5.73 Å². The summed E-state index contributed by atoms with van der Waals surface area (Å²) in [4.78, 5) is 16.8. The number of hydrogen-bond donors (Lipinski definition) is 2. The molecule has 6 heteroatoms. The number of carbonyl (C=O) groups excluding carboxylic acids is 1. The molecular weight excluding hydrogens is 326 g/mol. The van der Waals surface area contributed by atoms with Crippen LogP contribution in [0.1, 0.15) is 33.9 Å². The minimum absolute atomic E-state index is 0.0919. The Balaban J connectivity index is 2.15. The fourth-order valence-electron chi connectivity index (χ4n) is 1.79. The van der Waals surface area contributed by atoms with E-state index in [4.69, 9.17) is 5.73 Å². The van der Waals surface area contributed by atoms with Gasteiger partial charge in [-0.2, -0.15) is 0 Å². The first-order valence-electron chi connectivity index (χ1n) is 5.77. The molecule has 1 amide bonds. The second-order valence-corrected chi connectivity index (χ2v) is 6.07. The third-order valence-electron chi connectivity index (χ3n) is 2.74. The van der Waals surface area contributed by atoms with Crippen LogP contribution < -0.4 is 11.1 Å². The zero-order valence-corrected chi connectivity index (χ0v) is 13.0. The normalized spacial score (nSPS) is 12.2. The molecule has 0 spiro atoms. The number of aryl methyl sites for hydroxylation is 1. The number of nitrogens with two attached hydrogens (primary N) is 1. The molecule has 2 aromatic rings. The van der Waals surface area contributed by atoms with E-state index >= 15 is 0 Å². The minimum Gasteiger partial charge on any atom is -0.375 e. The van der Waals surface area contributed by atoms with Gasteiger partial charge in [0.25, 0.3) is 5.91 Å². The Labute approximate surface area is 124 Å². The van der Waals surface area contributed by atoms with Gasteiger partial charge in [0.1, 0.15) is 4.88 Å². The van der Waals surface area contributed by atoms with E-state index < -0.39 is 0 Å². The van der Waals surface area contributed by atoms with Gasteiger partial charge in [0.05, 0.1) is 11.7 Å². The summed E-state index contributed by atoms with van der Waals surface area (Å²) >= 11 is 4.69. The van der Waals surface area contributed by atoms with Crippen LogP contribution >= 0.6 is 27.3 Å². The van der Waals surface area contributed by atoms with Crippen LogP contribution in [0.25, 0.3) is 0 Å². The van der Waals surface area contributed by atoms with Crippen molar-refractivity contribution >= 4 is 38.3 Å². The zero-order chi connectivity index (χ0) is 14.0. The Morgan fingerprint density at radius 2 is 2.16 bits per heavy atom. The summed E-state index contributed by atoms with van der Waals surface area (Å²) in [7, 11) is 0.